The number of fused-ring (bicyclic) bond motifs is 5. The van der Waals surface area contributed by atoms with Gasteiger partial charge in [0, 0.05) is 27.6 Å². The first kappa shape index (κ1) is 25.4. The second kappa shape index (κ2) is 10.3. The number of rotatable bonds is 4. The summed E-state index contributed by atoms with van der Waals surface area (Å²) in [7, 11) is 0. The van der Waals surface area contributed by atoms with Crippen LogP contribution in [-0.4, -0.2) is 9.97 Å². The van der Waals surface area contributed by atoms with Gasteiger partial charge in [-0.25, -0.2) is 9.97 Å². The lowest BCUT2D eigenvalue weighted by Crippen LogP contribution is -1.97. The molecule has 2 heterocycles. The van der Waals surface area contributed by atoms with Crippen LogP contribution in [0.3, 0.4) is 0 Å². The van der Waals surface area contributed by atoms with Crippen LogP contribution in [0, 0.1) is 0 Å². The van der Waals surface area contributed by atoms with Gasteiger partial charge in [0.05, 0.1) is 11.4 Å². The average molecular weight is 575 g/mol. The topological polar surface area (TPSA) is 38.9 Å². The molecule has 0 amide bonds. The molecule has 0 aliphatic heterocycles. The maximum atomic E-state index is 6.14. The predicted molar refractivity (Wildman–Crippen MR) is 186 cm³/mol. The molecular weight excluding hydrogens is 548 g/mol. The molecule has 45 heavy (non-hydrogen) atoms. The van der Waals surface area contributed by atoms with Gasteiger partial charge in [0.15, 0.2) is 5.82 Å². The van der Waals surface area contributed by atoms with Gasteiger partial charge in [-0.3, -0.25) is 0 Å². The summed E-state index contributed by atoms with van der Waals surface area (Å²) in [6, 6.07) is 55.0. The van der Waals surface area contributed by atoms with Gasteiger partial charge in [-0.15, -0.1) is 0 Å². The summed E-state index contributed by atoms with van der Waals surface area (Å²) >= 11 is 0. The van der Waals surface area contributed by atoms with Gasteiger partial charge in [0.1, 0.15) is 11.3 Å². The Bertz CT molecular complexity index is 2500. The van der Waals surface area contributed by atoms with Crippen molar-refractivity contribution in [1.29, 1.82) is 0 Å². The smallest absolute Gasteiger partial charge is 0.161 e. The number of para-hydroxylation sites is 1. The van der Waals surface area contributed by atoms with Crippen LogP contribution in [0.4, 0.5) is 0 Å². The van der Waals surface area contributed by atoms with Crippen molar-refractivity contribution in [1.82, 2.24) is 9.97 Å². The van der Waals surface area contributed by atoms with Gasteiger partial charge in [-0.2, -0.15) is 0 Å². The van der Waals surface area contributed by atoms with Crippen LogP contribution in [0.25, 0.3) is 88.5 Å². The molecule has 3 heteroatoms. The fourth-order valence-electron chi connectivity index (χ4n) is 6.45. The minimum absolute atomic E-state index is 0.713. The molecule has 9 aromatic rings. The standard InChI is InChI=1S/C42H26N2O/c1-2-11-28(12-3-1)37-26-38(29-18-20-30(21-19-29)40-25-32-14-6-9-17-39(32)45-40)44-42(43-37)41-34-16-8-5-13-31(34)24-36-33-15-7-4-10-27(33)22-23-35(36)41/h1-26H. The molecule has 7 aromatic carbocycles. The second-order valence-electron chi connectivity index (χ2n) is 11.4. The number of aromatic nitrogens is 2. The van der Waals surface area contributed by atoms with Crippen molar-refractivity contribution >= 4 is 43.3 Å². The summed E-state index contributed by atoms with van der Waals surface area (Å²) in [4.78, 5) is 10.5. The second-order valence-corrected chi connectivity index (χ2v) is 11.4. The van der Waals surface area contributed by atoms with E-state index in [4.69, 9.17) is 14.4 Å². The lowest BCUT2D eigenvalue weighted by atomic mass is 9.92. The van der Waals surface area contributed by atoms with E-state index < -0.39 is 0 Å². The number of benzene rings is 7. The van der Waals surface area contributed by atoms with Crippen LogP contribution in [0.5, 0.6) is 0 Å². The van der Waals surface area contributed by atoms with Crippen LogP contribution >= 0.6 is 0 Å². The van der Waals surface area contributed by atoms with Crippen LogP contribution in [-0.2, 0) is 0 Å². The van der Waals surface area contributed by atoms with E-state index in [2.05, 4.69) is 133 Å². The zero-order valence-electron chi connectivity index (χ0n) is 24.3. The first-order valence-corrected chi connectivity index (χ1v) is 15.2. The Morgan fingerprint density at radius 2 is 1.00 bits per heavy atom. The first-order valence-electron chi connectivity index (χ1n) is 15.2. The van der Waals surface area contributed by atoms with Gasteiger partial charge in [0.25, 0.3) is 0 Å². The quantitative estimate of drug-likeness (QED) is 0.155. The molecule has 0 bridgehead atoms. The summed E-state index contributed by atoms with van der Waals surface area (Å²) in [5, 5.41) is 8.19. The zero-order chi connectivity index (χ0) is 29.7. The summed E-state index contributed by atoms with van der Waals surface area (Å²) < 4.78 is 6.14. The Labute approximate surface area is 260 Å². The molecular formula is C42H26N2O. The first-order chi connectivity index (χ1) is 22.3. The zero-order valence-corrected chi connectivity index (χ0v) is 24.3. The van der Waals surface area contributed by atoms with Crippen molar-refractivity contribution in [2.24, 2.45) is 0 Å². The lowest BCUT2D eigenvalue weighted by molar-refractivity contribution is 0.631. The van der Waals surface area contributed by atoms with E-state index in [1.807, 2.05) is 24.3 Å². The minimum atomic E-state index is 0.713. The third-order valence-electron chi connectivity index (χ3n) is 8.68. The maximum absolute atomic E-state index is 6.14. The molecule has 0 saturated carbocycles. The van der Waals surface area contributed by atoms with Gasteiger partial charge < -0.3 is 4.42 Å². The van der Waals surface area contributed by atoms with Crippen LogP contribution in [0.15, 0.2) is 162 Å². The van der Waals surface area contributed by atoms with E-state index in [-0.39, 0.29) is 0 Å². The Morgan fingerprint density at radius 1 is 0.378 bits per heavy atom. The number of hydrogen-bond donors (Lipinski definition) is 0. The fraction of sp³-hybridized carbons (Fsp3) is 0. The third-order valence-corrected chi connectivity index (χ3v) is 8.68. The van der Waals surface area contributed by atoms with Crippen molar-refractivity contribution in [2.45, 2.75) is 0 Å². The summed E-state index contributed by atoms with van der Waals surface area (Å²) in [6.45, 7) is 0. The Hall–Kier alpha value is -6.06. The molecule has 0 atom stereocenters. The summed E-state index contributed by atoms with van der Waals surface area (Å²) in [5.74, 6) is 1.57. The van der Waals surface area contributed by atoms with Crippen LogP contribution in [0.2, 0.25) is 0 Å². The molecule has 0 aliphatic rings. The Kier molecular flexibility index (Phi) is 5.82. The maximum Gasteiger partial charge on any atom is 0.161 e. The lowest BCUT2D eigenvalue weighted by Gasteiger charge is -2.15. The van der Waals surface area contributed by atoms with Gasteiger partial charge in [-0.1, -0.05) is 133 Å². The normalized spacial score (nSPS) is 11.6. The molecule has 2 aromatic heterocycles. The molecule has 0 radical (unpaired) electrons. The SMILES string of the molecule is c1ccc(-c2cc(-c3ccc(-c4cc5ccccc5o4)cc3)nc(-c3c4ccccc4cc4c3ccc3ccccc34)n2)cc1. The van der Waals surface area contributed by atoms with Gasteiger partial charge >= 0.3 is 0 Å². The van der Waals surface area contributed by atoms with Crippen molar-refractivity contribution < 1.29 is 4.42 Å². The Balaban J connectivity index is 1.27. The molecule has 0 spiro atoms. The fourth-order valence-corrected chi connectivity index (χ4v) is 6.45. The monoisotopic (exact) mass is 574 g/mol. The van der Waals surface area contributed by atoms with E-state index in [9.17, 15) is 0 Å². The molecule has 0 unspecified atom stereocenters. The van der Waals surface area contributed by atoms with Crippen LogP contribution in [0.1, 0.15) is 0 Å². The van der Waals surface area contributed by atoms with E-state index in [0.29, 0.717) is 5.82 Å². The number of nitrogens with zero attached hydrogens (tertiary/aromatic N) is 2. The van der Waals surface area contributed by atoms with E-state index >= 15 is 0 Å². The third kappa shape index (κ3) is 4.37. The molecule has 0 saturated heterocycles. The van der Waals surface area contributed by atoms with E-state index in [1.54, 1.807) is 0 Å². The highest BCUT2D eigenvalue weighted by atomic mass is 16.3. The molecule has 210 valence electrons. The van der Waals surface area contributed by atoms with Crippen LogP contribution < -0.4 is 0 Å². The van der Waals surface area contributed by atoms with Crippen molar-refractivity contribution in [3.8, 4) is 45.2 Å². The van der Waals surface area contributed by atoms with Crippen molar-refractivity contribution in [3.63, 3.8) is 0 Å². The highest BCUT2D eigenvalue weighted by Crippen LogP contribution is 2.39. The van der Waals surface area contributed by atoms with Crippen molar-refractivity contribution in [3.05, 3.63) is 158 Å². The predicted octanol–water partition coefficient (Wildman–Crippen LogP) is 11.4. The Morgan fingerprint density at radius 3 is 1.78 bits per heavy atom. The molecule has 3 nitrogen and oxygen atoms in total. The largest absolute Gasteiger partial charge is 0.456 e. The van der Waals surface area contributed by atoms with Gasteiger partial charge in [0.2, 0.25) is 0 Å². The van der Waals surface area contributed by atoms with E-state index in [1.165, 1.54) is 21.5 Å². The van der Waals surface area contributed by atoms with Crippen molar-refractivity contribution in [2.75, 3.05) is 0 Å². The van der Waals surface area contributed by atoms with Gasteiger partial charge in [-0.05, 0) is 56.6 Å². The average Bonchev–Trinajstić information content (AvgIpc) is 3.55. The number of hydrogen-bond acceptors (Lipinski definition) is 3. The molecule has 0 aliphatic carbocycles. The molecule has 0 N–H and O–H groups in total. The molecule has 0 fully saturated rings. The summed E-state index contributed by atoms with van der Waals surface area (Å²) in [6.07, 6.45) is 0. The number of furan rings is 1. The minimum Gasteiger partial charge on any atom is -0.456 e. The molecule has 9 rings (SSSR count). The summed E-state index contributed by atoms with van der Waals surface area (Å²) in [5.41, 5.74) is 6.79. The highest BCUT2D eigenvalue weighted by Gasteiger charge is 2.17. The highest BCUT2D eigenvalue weighted by molar-refractivity contribution is 6.19. The van der Waals surface area contributed by atoms with E-state index in [0.717, 1.165) is 61.1 Å².